The molecule has 7 nitrogen and oxygen atoms in total. The van der Waals surface area contributed by atoms with Crippen LogP contribution < -0.4 is 9.47 Å². The van der Waals surface area contributed by atoms with Gasteiger partial charge in [-0.25, -0.2) is 0 Å². The molecule has 140 valence electrons. The lowest BCUT2D eigenvalue weighted by atomic mass is 9.52. The van der Waals surface area contributed by atoms with Gasteiger partial charge >= 0.3 is 0 Å². The smallest absolute Gasteiger partial charge is 0.174 e. The fraction of sp³-hybridized carbons (Fsp3) is 0.611. The van der Waals surface area contributed by atoms with Crippen LogP contribution in [-0.4, -0.2) is 60.0 Å². The van der Waals surface area contributed by atoms with E-state index in [0.717, 1.165) is 37.3 Å². The summed E-state index contributed by atoms with van der Waals surface area (Å²) in [7, 11) is 3.91. The highest BCUT2D eigenvalue weighted by Crippen LogP contribution is 2.62. The minimum atomic E-state index is -0.284. The molecular formula is C18H27NO6. The number of hydrogen-bond donors (Lipinski definition) is 0. The van der Waals surface area contributed by atoms with E-state index in [-0.39, 0.29) is 33.7 Å². The maximum Gasteiger partial charge on any atom is 0.174 e. The molecule has 1 spiro atoms. The van der Waals surface area contributed by atoms with Gasteiger partial charge in [-0.1, -0.05) is 6.07 Å². The van der Waals surface area contributed by atoms with Crippen LogP contribution in [0.15, 0.2) is 12.1 Å². The van der Waals surface area contributed by atoms with E-state index < -0.39 is 0 Å². The summed E-state index contributed by atoms with van der Waals surface area (Å²) in [5.41, 5.74) is 2.57. The van der Waals surface area contributed by atoms with Gasteiger partial charge in [0.1, 0.15) is 0 Å². The minimum absolute atomic E-state index is 0. The van der Waals surface area contributed by atoms with Crippen LogP contribution in [0.2, 0.25) is 0 Å². The molecule has 2 aliphatic heterocycles. The highest BCUT2D eigenvalue weighted by atomic mass is 16.5. The molecule has 6 N–H and O–H groups in total. The van der Waals surface area contributed by atoms with E-state index in [1.807, 2.05) is 6.07 Å². The predicted molar refractivity (Wildman–Crippen MR) is 92.4 cm³/mol. The van der Waals surface area contributed by atoms with Crippen molar-refractivity contribution >= 4 is 5.78 Å². The Balaban J connectivity index is 0.000000751. The summed E-state index contributed by atoms with van der Waals surface area (Å²) in [5.74, 6) is 2.46. The van der Waals surface area contributed by atoms with E-state index in [4.69, 9.17) is 9.47 Å². The van der Waals surface area contributed by atoms with E-state index in [1.165, 1.54) is 11.1 Å². The van der Waals surface area contributed by atoms with E-state index in [9.17, 15) is 4.79 Å². The van der Waals surface area contributed by atoms with Gasteiger partial charge in [-0.05, 0) is 50.4 Å². The first kappa shape index (κ1) is 19.7. The normalized spacial score (nSPS) is 33.8. The summed E-state index contributed by atoms with van der Waals surface area (Å²) >= 11 is 0. The van der Waals surface area contributed by atoms with Crippen LogP contribution in [0.25, 0.3) is 0 Å². The van der Waals surface area contributed by atoms with Crippen molar-refractivity contribution in [3.8, 4) is 11.5 Å². The Morgan fingerprint density at radius 1 is 1.28 bits per heavy atom. The second-order valence-electron chi connectivity index (χ2n) is 7.28. The summed E-state index contributed by atoms with van der Waals surface area (Å²) in [6.45, 7) is 1.05. The quantitative estimate of drug-likeness (QED) is 0.670. The van der Waals surface area contributed by atoms with Crippen LogP contribution in [0.1, 0.15) is 30.4 Å². The molecule has 1 saturated heterocycles. The average Bonchev–Trinajstić information content (AvgIpc) is 2.88. The predicted octanol–water partition coefficient (Wildman–Crippen LogP) is -0.541. The number of methoxy groups -OCH3 is 1. The zero-order valence-corrected chi connectivity index (χ0v) is 14.6. The first-order valence-electron chi connectivity index (χ1n) is 8.27. The summed E-state index contributed by atoms with van der Waals surface area (Å²) in [4.78, 5) is 15.1. The maximum absolute atomic E-state index is 12.6. The molecule has 0 amide bonds. The van der Waals surface area contributed by atoms with Gasteiger partial charge in [-0.2, -0.15) is 0 Å². The lowest BCUT2D eigenvalue weighted by Gasteiger charge is -2.57. The first-order chi connectivity index (χ1) is 10.7. The number of ketones is 1. The van der Waals surface area contributed by atoms with Crippen LogP contribution in [0, 0.1) is 5.92 Å². The van der Waals surface area contributed by atoms with Crippen LogP contribution >= 0.6 is 0 Å². The first-order valence-corrected chi connectivity index (χ1v) is 8.27. The molecule has 4 aliphatic rings. The SMILES string of the molecule is COc1ccc2c3c1O[C@H]1C(=O)CC[C@H]4[C@@H](C2)N(C)CC[C@]314.O.O.O. The number of nitrogens with zero attached hydrogens (tertiary/aromatic N) is 1. The number of likely N-dealkylation sites (tertiary alicyclic amines) is 1. The molecule has 2 bridgehead atoms. The Bertz CT molecular complexity index is 692. The molecule has 0 unspecified atom stereocenters. The Morgan fingerprint density at radius 3 is 2.76 bits per heavy atom. The second kappa shape index (κ2) is 6.25. The lowest BCUT2D eigenvalue weighted by Crippen LogP contribution is -2.65. The largest absolute Gasteiger partial charge is 0.493 e. The highest BCUT2D eigenvalue weighted by Gasteiger charge is 2.65. The molecule has 2 aliphatic carbocycles. The highest BCUT2D eigenvalue weighted by molar-refractivity contribution is 5.89. The minimum Gasteiger partial charge on any atom is -0.493 e. The van der Waals surface area contributed by atoms with Gasteiger partial charge in [-0.15, -0.1) is 0 Å². The van der Waals surface area contributed by atoms with Gasteiger partial charge in [0.25, 0.3) is 0 Å². The van der Waals surface area contributed by atoms with Crippen molar-refractivity contribution in [2.75, 3.05) is 20.7 Å². The zero-order chi connectivity index (χ0) is 15.1. The van der Waals surface area contributed by atoms with Gasteiger partial charge in [0.2, 0.25) is 0 Å². The number of benzene rings is 1. The van der Waals surface area contributed by atoms with Crippen molar-refractivity contribution in [1.29, 1.82) is 0 Å². The Morgan fingerprint density at radius 2 is 2.04 bits per heavy atom. The molecule has 1 aromatic rings. The number of Topliss-reactive ketones (excluding diaryl/α,β-unsaturated/α-hetero) is 1. The Kier molecular flexibility index (Phi) is 4.91. The van der Waals surface area contributed by atoms with Crippen LogP contribution in [0.3, 0.4) is 0 Å². The van der Waals surface area contributed by atoms with Gasteiger partial charge in [0, 0.05) is 23.4 Å². The summed E-state index contributed by atoms with van der Waals surface area (Å²) in [6, 6.07) is 4.73. The van der Waals surface area contributed by atoms with Gasteiger partial charge in [-0.3, -0.25) is 4.79 Å². The molecule has 0 radical (unpaired) electrons. The molecular weight excluding hydrogens is 326 g/mol. The molecule has 5 rings (SSSR count). The van der Waals surface area contributed by atoms with E-state index in [2.05, 4.69) is 18.0 Å². The number of ether oxygens (including phenoxy) is 2. The number of hydrogen-bond acceptors (Lipinski definition) is 4. The molecule has 2 fully saturated rings. The van der Waals surface area contributed by atoms with Gasteiger partial charge < -0.3 is 30.8 Å². The van der Waals surface area contributed by atoms with Crippen LogP contribution in [0.5, 0.6) is 11.5 Å². The second-order valence-corrected chi connectivity index (χ2v) is 7.28. The molecule has 4 atom stereocenters. The summed E-state index contributed by atoms with van der Waals surface area (Å²) in [6.07, 6.45) is 3.47. The number of carbonyl (C=O) groups is 1. The zero-order valence-electron chi connectivity index (χ0n) is 14.6. The maximum atomic E-state index is 12.6. The fourth-order valence-electron chi connectivity index (χ4n) is 5.67. The number of carbonyl (C=O) groups excluding carboxylic acids is 1. The third kappa shape index (κ3) is 2.10. The van der Waals surface area contributed by atoms with Crippen molar-refractivity contribution in [3.63, 3.8) is 0 Å². The topological polar surface area (TPSA) is 133 Å². The molecule has 2 heterocycles. The van der Waals surface area contributed by atoms with Crippen molar-refractivity contribution < 1.29 is 30.7 Å². The molecule has 7 heteroatoms. The van der Waals surface area contributed by atoms with E-state index in [0.29, 0.717) is 18.4 Å². The van der Waals surface area contributed by atoms with Gasteiger partial charge in [0.15, 0.2) is 23.4 Å². The Labute approximate surface area is 146 Å². The lowest BCUT2D eigenvalue weighted by molar-refractivity contribution is -0.138. The molecule has 1 saturated carbocycles. The Hall–Kier alpha value is -1.67. The molecule has 1 aromatic carbocycles. The summed E-state index contributed by atoms with van der Waals surface area (Å²) < 4.78 is 11.8. The fourth-order valence-corrected chi connectivity index (χ4v) is 5.67. The third-order valence-electron chi connectivity index (χ3n) is 6.59. The van der Waals surface area contributed by atoms with E-state index in [1.54, 1.807) is 7.11 Å². The van der Waals surface area contributed by atoms with Crippen LogP contribution in [0.4, 0.5) is 0 Å². The monoisotopic (exact) mass is 353 g/mol. The van der Waals surface area contributed by atoms with Crippen molar-refractivity contribution in [2.45, 2.75) is 43.2 Å². The standard InChI is InChI=1S/C18H21NO3.3H2O/c1-19-8-7-18-11-4-5-13(20)17(18)22-16-14(21-2)6-3-10(15(16)18)9-12(11)19;;;/h3,6,11-12,17H,4-5,7-9H2,1-2H3;3*1H2/t11-,12+,17-,18-;;;/m0.../s1. The van der Waals surface area contributed by atoms with Gasteiger partial charge in [0.05, 0.1) is 7.11 Å². The van der Waals surface area contributed by atoms with Crippen LogP contribution in [-0.2, 0) is 16.6 Å². The molecule has 25 heavy (non-hydrogen) atoms. The summed E-state index contributed by atoms with van der Waals surface area (Å²) in [5, 5.41) is 0. The van der Waals surface area contributed by atoms with E-state index >= 15 is 0 Å². The van der Waals surface area contributed by atoms with Crippen molar-refractivity contribution in [3.05, 3.63) is 23.3 Å². The number of piperidine rings is 1. The van der Waals surface area contributed by atoms with Crippen molar-refractivity contribution in [1.82, 2.24) is 4.90 Å². The number of likely N-dealkylation sites (N-methyl/N-ethyl adjacent to an activating group) is 1. The third-order valence-corrected chi connectivity index (χ3v) is 6.59. The van der Waals surface area contributed by atoms with Crippen molar-refractivity contribution in [2.24, 2.45) is 5.92 Å². The average molecular weight is 353 g/mol. The number of rotatable bonds is 1. The molecule has 0 aromatic heterocycles.